The molecule has 0 aromatic heterocycles. The summed E-state index contributed by atoms with van der Waals surface area (Å²) in [7, 11) is 0. The quantitative estimate of drug-likeness (QED) is 0.221. The van der Waals surface area contributed by atoms with E-state index >= 15 is 0 Å². The van der Waals surface area contributed by atoms with Crippen molar-refractivity contribution < 1.29 is 14.3 Å². The van der Waals surface area contributed by atoms with E-state index in [-0.39, 0.29) is 11.9 Å². The molecule has 6 heteroatoms. The molecule has 0 spiro atoms. The number of hydrogen-bond acceptors (Lipinski definition) is 5. The minimum atomic E-state index is -0.283. The number of ether oxygens (including phenoxy) is 1. The highest BCUT2D eigenvalue weighted by molar-refractivity contribution is 8.19. The van der Waals surface area contributed by atoms with Gasteiger partial charge in [-0.2, -0.15) is 0 Å². The molecule has 3 aromatic carbocycles. The summed E-state index contributed by atoms with van der Waals surface area (Å²) in [5, 5.41) is 0.622. The molecule has 3 aromatic rings. The Morgan fingerprint density at radius 2 is 1.60 bits per heavy atom. The highest BCUT2D eigenvalue weighted by Gasteiger charge is 2.35. The van der Waals surface area contributed by atoms with Crippen LogP contribution in [0.5, 0.6) is 5.75 Å². The minimum absolute atomic E-state index is 0.116. The molecular formula is C29H28N2O3S. The smallest absolute Gasteiger partial charge is 0.310 e. The van der Waals surface area contributed by atoms with E-state index in [1.165, 1.54) is 11.8 Å². The van der Waals surface area contributed by atoms with Gasteiger partial charge >= 0.3 is 5.97 Å². The number of hydrogen-bond donors (Lipinski definition) is 0. The van der Waals surface area contributed by atoms with Crippen molar-refractivity contribution in [1.29, 1.82) is 0 Å². The Kier molecular flexibility index (Phi) is 7.22. The van der Waals surface area contributed by atoms with Crippen LogP contribution in [0.2, 0.25) is 0 Å². The van der Waals surface area contributed by atoms with Crippen molar-refractivity contribution in [1.82, 2.24) is 0 Å². The molecule has 0 N–H and O–H groups in total. The maximum Gasteiger partial charge on any atom is 0.310 e. The summed E-state index contributed by atoms with van der Waals surface area (Å²) in [6, 6.07) is 19.4. The largest absolute Gasteiger partial charge is 0.427 e. The molecule has 0 radical (unpaired) electrons. The number of nitrogens with zero attached hydrogens (tertiary/aromatic N) is 2. The molecule has 1 aliphatic heterocycles. The first-order chi connectivity index (χ1) is 16.7. The van der Waals surface area contributed by atoms with Crippen molar-refractivity contribution in [2.45, 2.75) is 41.0 Å². The molecule has 5 nitrogen and oxygen atoms in total. The summed E-state index contributed by atoms with van der Waals surface area (Å²) < 4.78 is 5.25. The van der Waals surface area contributed by atoms with E-state index < -0.39 is 0 Å². The number of rotatable bonds is 5. The fourth-order valence-electron chi connectivity index (χ4n) is 3.65. The Morgan fingerprint density at radius 3 is 2.29 bits per heavy atom. The molecule has 35 heavy (non-hydrogen) atoms. The number of benzene rings is 3. The highest BCUT2D eigenvalue weighted by Crippen LogP contribution is 2.39. The lowest BCUT2D eigenvalue weighted by Crippen LogP contribution is -2.29. The highest BCUT2D eigenvalue weighted by atomic mass is 32.2. The Hall–Kier alpha value is -3.64. The van der Waals surface area contributed by atoms with E-state index in [0.717, 1.165) is 39.2 Å². The van der Waals surface area contributed by atoms with Gasteiger partial charge in [0.1, 0.15) is 5.75 Å². The van der Waals surface area contributed by atoms with Gasteiger partial charge in [-0.15, -0.1) is 0 Å². The van der Waals surface area contributed by atoms with Crippen molar-refractivity contribution in [3.05, 3.63) is 93.4 Å². The summed E-state index contributed by atoms with van der Waals surface area (Å²) >= 11 is 1.36. The van der Waals surface area contributed by atoms with Gasteiger partial charge in [0.2, 0.25) is 0 Å². The number of aryl methyl sites for hydroxylation is 4. The Morgan fingerprint density at radius 1 is 0.943 bits per heavy atom. The van der Waals surface area contributed by atoms with Gasteiger partial charge in [0, 0.05) is 6.42 Å². The molecule has 1 fully saturated rings. The Bertz CT molecular complexity index is 1360. The second kappa shape index (κ2) is 10.3. The molecule has 1 heterocycles. The molecule has 0 bridgehead atoms. The van der Waals surface area contributed by atoms with Crippen LogP contribution in [0.1, 0.15) is 41.2 Å². The topological polar surface area (TPSA) is 59.0 Å². The lowest BCUT2D eigenvalue weighted by Gasteiger charge is -2.19. The van der Waals surface area contributed by atoms with Gasteiger partial charge < -0.3 is 4.74 Å². The molecule has 178 valence electrons. The van der Waals surface area contributed by atoms with E-state index in [4.69, 9.17) is 9.73 Å². The first-order valence-electron chi connectivity index (χ1n) is 11.5. The van der Waals surface area contributed by atoms with Gasteiger partial charge in [-0.25, -0.2) is 4.99 Å². The van der Waals surface area contributed by atoms with Crippen LogP contribution in [0.25, 0.3) is 6.08 Å². The number of amidine groups is 1. The van der Waals surface area contributed by atoms with Gasteiger partial charge in [0.15, 0.2) is 5.17 Å². The average molecular weight is 485 g/mol. The summed E-state index contributed by atoms with van der Waals surface area (Å²) in [6.45, 7) is 9.82. The predicted molar refractivity (Wildman–Crippen MR) is 144 cm³/mol. The lowest BCUT2D eigenvalue weighted by molar-refractivity contribution is -0.134. The zero-order valence-corrected chi connectivity index (χ0v) is 21.4. The zero-order valence-electron chi connectivity index (χ0n) is 20.6. The molecule has 1 aliphatic rings. The molecular weight excluding hydrogens is 456 g/mol. The minimum Gasteiger partial charge on any atom is -0.427 e. The van der Waals surface area contributed by atoms with Crippen LogP contribution in [0.4, 0.5) is 11.4 Å². The molecule has 1 saturated heterocycles. The van der Waals surface area contributed by atoms with Crippen molar-refractivity contribution in [2.75, 3.05) is 4.90 Å². The van der Waals surface area contributed by atoms with Crippen molar-refractivity contribution in [2.24, 2.45) is 4.99 Å². The van der Waals surface area contributed by atoms with E-state index in [0.29, 0.717) is 22.2 Å². The number of thioether (sulfide) groups is 1. The van der Waals surface area contributed by atoms with Crippen LogP contribution in [-0.4, -0.2) is 17.0 Å². The van der Waals surface area contributed by atoms with Crippen LogP contribution in [0.15, 0.2) is 70.6 Å². The lowest BCUT2D eigenvalue weighted by atomic mass is 10.1. The van der Waals surface area contributed by atoms with E-state index in [1.54, 1.807) is 24.0 Å². The number of esters is 1. The normalized spacial score (nSPS) is 15.8. The Balaban J connectivity index is 1.75. The van der Waals surface area contributed by atoms with Gasteiger partial charge in [-0.05, 0) is 97.6 Å². The van der Waals surface area contributed by atoms with Crippen molar-refractivity contribution in [3.63, 3.8) is 0 Å². The van der Waals surface area contributed by atoms with Crippen LogP contribution >= 0.6 is 11.8 Å². The summed E-state index contributed by atoms with van der Waals surface area (Å²) in [5.74, 6) is 0.0851. The number of carbonyl (C=O) groups excluding carboxylic acids is 2. The average Bonchev–Trinajstić information content (AvgIpc) is 3.13. The molecule has 0 saturated carbocycles. The van der Waals surface area contributed by atoms with Crippen LogP contribution in [-0.2, 0) is 9.59 Å². The van der Waals surface area contributed by atoms with Gasteiger partial charge in [-0.3, -0.25) is 14.5 Å². The molecule has 0 atom stereocenters. The fourth-order valence-corrected chi connectivity index (χ4v) is 4.64. The SMILES string of the molecule is CCC(=O)Oc1ccc(C=C2SC(=Nc3cc(C)ccc3C)N(c3cc(C)ccc3C)C2=O)cc1. The summed E-state index contributed by atoms with van der Waals surface area (Å²) in [6.07, 6.45) is 2.16. The van der Waals surface area contributed by atoms with E-state index in [1.807, 2.05) is 76.2 Å². The van der Waals surface area contributed by atoms with Crippen LogP contribution in [0, 0.1) is 27.7 Å². The van der Waals surface area contributed by atoms with Gasteiger partial charge in [0.05, 0.1) is 16.3 Å². The van der Waals surface area contributed by atoms with Crippen LogP contribution in [0.3, 0.4) is 0 Å². The second-order valence-electron chi connectivity index (χ2n) is 8.62. The third kappa shape index (κ3) is 5.54. The summed E-state index contributed by atoms with van der Waals surface area (Å²) in [4.78, 5) is 32.4. The third-order valence-corrected chi connectivity index (χ3v) is 6.66. The second-order valence-corrected chi connectivity index (χ2v) is 9.63. The maximum atomic E-state index is 13.7. The van der Waals surface area contributed by atoms with E-state index in [2.05, 4.69) is 6.07 Å². The van der Waals surface area contributed by atoms with Gasteiger partial charge in [-0.1, -0.05) is 43.3 Å². The van der Waals surface area contributed by atoms with Crippen molar-refractivity contribution in [3.8, 4) is 5.75 Å². The standard InChI is InChI=1S/C29H28N2O3S/c1-6-27(32)34-23-13-11-22(12-14-23)17-26-28(33)31(25-16-19(3)8-10-21(25)5)29(35-26)30-24-15-18(2)7-9-20(24)4/h7-17H,6H2,1-5H3. The van der Waals surface area contributed by atoms with Crippen molar-refractivity contribution >= 4 is 46.3 Å². The Labute approximate surface area is 210 Å². The number of carbonyl (C=O) groups is 2. The third-order valence-electron chi connectivity index (χ3n) is 5.69. The first kappa shape index (κ1) is 24.5. The van der Waals surface area contributed by atoms with Crippen LogP contribution < -0.4 is 9.64 Å². The maximum absolute atomic E-state index is 13.7. The fraction of sp³-hybridized carbons (Fsp3) is 0.207. The summed E-state index contributed by atoms with van der Waals surface area (Å²) in [5.41, 5.74) is 6.75. The molecule has 1 amide bonds. The first-order valence-corrected chi connectivity index (χ1v) is 12.3. The zero-order chi connectivity index (χ0) is 25.1. The molecule has 0 aliphatic carbocycles. The molecule has 0 unspecified atom stereocenters. The van der Waals surface area contributed by atoms with Gasteiger partial charge in [0.25, 0.3) is 5.91 Å². The monoisotopic (exact) mass is 484 g/mol. The number of amides is 1. The molecule has 4 rings (SSSR count). The number of anilines is 1. The van der Waals surface area contributed by atoms with E-state index in [9.17, 15) is 9.59 Å². The predicted octanol–water partition coefficient (Wildman–Crippen LogP) is 7.04. The number of aliphatic imine (C=N–C) groups is 1.